The lowest BCUT2D eigenvalue weighted by Crippen LogP contribution is -2.45. The van der Waals surface area contributed by atoms with Crippen LogP contribution in [0.4, 0.5) is 0 Å². The summed E-state index contributed by atoms with van der Waals surface area (Å²) in [6.45, 7) is 2.74. The van der Waals surface area contributed by atoms with Crippen molar-refractivity contribution in [1.29, 1.82) is 0 Å². The van der Waals surface area contributed by atoms with Crippen LogP contribution in [0.5, 0.6) is 0 Å². The summed E-state index contributed by atoms with van der Waals surface area (Å²) in [5.41, 5.74) is 2.17. The van der Waals surface area contributed by atoms with E-state index < -0.39 is 5.97 Å². The van der Waals surface area contributed by atoms with E-state index in [0.29, 0.717) is 6.42 Å². The van der Waals surface area contributed by atoms with E-state index in [2.05, 4.69) is 10.6 Å². The molecule has 0 aromatic heterocycles. The predicted octanol–water partition coefficient (Wildman–Crippen LogP) is 1.63. The lowest BCUT2D eigenvalue weighted by Gasteiger charge is -2.27. The zero-order chi connectivity index (χ0) is 15.2. The van der Waals surface area contributed by atoms with E-state index in [1.165, 1.54) is 5.56 Å². The van der Waals surface area contributed by atoms with Crippen molar-refractivity contribution in [3.05, 3.63) is 35.4 Å². The van der Waals surface area contributed by atoms with Crippen molar-refractivity contribution in [2.24, 2.45) is 0 Å². The summed E-state index contributed by atoms with van der Waals surface area (Å²) in [5, 5.41) is 15.0. The first kappa shape index (κ1) is 15.5. The third-order valence-corrected chi connectivity index (χ3v) is 3.78. The Morgan fingerprint density at radius 1 is 1.43 bits per heavy atom. The van der Waals surface area contributed by atoms with Gasteiger partial charge in [0.2, 0.25) is 5.91 Å². The molecule has 0 saturated carbocycles. The van der Waals surface area contributed by atoms with Crippen molar-refractivity contribution >= 4 is 11.9 Å². The van der Waals surface area contributed by atoms with Crippen LogP contribution in [0.3, 0.4) is 0 Å². The summed E-state index contributed by atoms with van der Waals surface area (Å²) in [7, 11) is 0. The number of hydrogen-bond acceptors (Lipinski definition) is 3. The van der Waals surface area contributed by atoms with Crippen LogP contribution < -0.4 is 10.6 Å². The SMILES string of the molecule is CCCC(CC(=O)O)NC(=O)C1NCCc2ccccc21. The van der Waals surface area contributed by atoms with Gasteiger partial charge in [-0.3, -0.25) is 9.59 Å². The molecule has 0 saturated heterocycles. The molecule has 21 heavy (non-hydrogen) atoms. The first-order chi connectivity index (χ1) is 10.1. The molecule has 2 atom stereocenters. The largest absolute Gasteiger partial charge is 0.481 e. The number of carbonyl (C=O) groups is 2. The molecule has 1 aromatic carbocycles. The molecular formula is C16H22N2O3. The fraction of sp³-hybridized carbons (Fsp3) is 0.500. The van der Waals surface area contributed by atoms with Gasteiger partial charge in [0.15, 0.2) is 0 Å². The lowest BCUT2D eigenvalue weighted by atomic mass is 9.93. The topological polar surface area (TPSA) is 78.4 Å². The molecule has 2 unspecified atom stereocenters. The Morgan fingerprint density at radius 3 is 2.90 bits per heavy atom. The van der Waals surface area contributed by atoms with Gasteiger partial charge in [0.25, 0.3) is 0 Å². The molecule has 0 bridgehead atoms. The Bertz CT molecular complexity index is 516. The zero-order valence-electron chi connectivity index (χ0n) is 12.3. The molecule has 2 rings (SSSR count). The second kappa shape index (κ2) is 7.22. The molecule has 0 spiro atoms. The zero-order valence-corrected chi connectivity index (χ0v) is 12.3. The van der Waals surface area contributed by atoms with Crippen molar-refractivity contribution in [1.82, 2.24) is 10.6 Å². The number of carboxylic acid groups (broad SMARTS) is 1. The van der Waals surface area contributed by atoms with Crippen LogP contribution >= 0.6 is 0 Å². The quantitative estimate of drug-likeness (QED) is 0.744. The second-order valence-corrected chi connectivity index (χ2v) is 5.43. The van der Waals surface area contributed by atoms with Crippen molar-refractivity contribution < 1.29 is 14.7 Å². The molecule has 0 aliphatic carbocycles. The Kier molecular flexibility index (Phi) is 5.33. The highest BCUT2D eigenvalue weighted by molar-refractivity contribution is 5.84. The molecule has 1 aliphatic heterocycles. The number of rotatable bonds is 6. The van der Waals surface area contributed by atoms with Gasteiger partial charge < -0.3 is 15.7 Å². The van der Waals surface area contributed by atoms with Gasteiger partial charge in [0, 0.05) is 12.6 Å². The standard InChI is InChI=1S/C16H22N2O3/c1-2-5-12(10-14(19)20)18-16(21)15-13-7-4-3-6-11(13)8-9-17-15/h3-4,6-7,12,15,17H,2,5,8-10H2,1H3,(H,18,21)(H,19,20). The maximum atomic E-state index is 12.5. The van der Waals surface area contributed by atoms with Crippen LogP contribution in [0.1, 0.15) is 43.4 Å². The molecule has 0 fully saturated rings. The lowest BCUT2D eigenvalue weighted by molar-refractivity contribution is -0.137. The normalized spacial score (nSPS) is 18.6. The van der Waals surface area contributed by atoms with Gasteiger partial charge in [-0.05, 0) is 24.0 Å². The van der Waals surface area contributed by atoms with E-state index in [9.17, 15) is 9.59 Å². The van der Waals surface area contributed by atoms with Crippen LogP contribution in [-0.4, -0.2) is 29.6 Å². The average molecular weight is 290 g/mol. The highest BCUT2D eigenvalue weighted by Crippen LogP contribution is 2.23. The minimum Gasteiger partial charge on any atom is -0.481 e. The maximum Gasteiger partial charge on any atom is 0.305 e. The van der Waals surface area contributed by atoms with E-state index in [0.717, 1.165) is 24.9 Å². The van der Waals surface area contributed by atoms with Gasteiger partial charge in [0.1, 0.15) is 6.04 Å². The fourth-order valence-electron chi connectivity index (χ4n) is 2.81. The van der Waals surface area contributed by atoms with E-state index in [1.807, 2.05) is 31.2 Å². The Hall–Kier alpha value is -1.88. The molecule has 1 aromatic rings. The van der Waals surface area contributed by atoms with Crippen LogP contribution in [0, 0.1) is 0 Å². The van der Waals surface area contributed by atoms with Crippen molar-refractivity contribution in [3.63, 3.8) is 0 Å². The number of aliphatic carboxylic acids is 1. The fourth-order valence-corrected chi connectivity index (χ4v) is 2.81. The van der Waals surface area contributed by atoms with Crippen LogP contribution in [0.15, 0.2) is 24.3 Å². The predicted molar refractivity (Wildman–Crippen MR) is 80.0 cm³/mol. The summed E-state index contributed by atoms with van der Waals surface area (Å²) in [4.78, 5) is 23.3. The molecule has 1 amide bonds. The van der Waals surface area contributed by atoms with Gasteiger partial charge in [-0.25, -0.2) is 0 Å². The van der Waals surface area contributed by atoms with Gasteiger partial charge in [-0.15, -0.1) is 0 Å². The van der Waals surface area contributed by atoms with Gasteiger partial charge in [0.05, 0.1) is 6.42 Å². The highest BCUT2D eigenvalue weighted by Gasteiger charge is 2.27. The van der Waals surface area contributed by atoms with E-state index in [-0.39, 0.29) is 24.4 Å². The third kappa shape index (κ3) is 4.04. The van der Waals surface area contributed by atoms with Gasteiger partial charge >= 0.3 is 5.97 Å². The number of carboxylic acids is 1. The molecular weight excluding hydrogens is 268 g/mol. The third-order valence-electron chi connectivity index (χ3n) is 3.78. The van der Waals surface area contributed by atoms with Crippen molar-refractivity contribution in [2.75, 3.05) is 6.54 Å². The number of amides is 1. The first-order valence-corrected chi connectivity index (χ1v) is 7.45. The van der Waals surface area contributed by atoms with E-state index >= 15 is 0 Å². The Balaban J connectivity index is 2.08. The Labute approximate surface area is 124 Å². The highest BCUT2D eigenvalue weighted by atomic mass is 16.4. The average Bonchev–Trinajstić information content (AvgIpc) is 2.46. The second-order valence-electron chi connectivity index (χ2n) is 5.43. The van der Waals surface area contributed by atoms with Crippen LogP contribution in [0.25, 0.3) is 0 Å². The number of benzene rings is 1. The summed E-state index contributed by atoms with van der Waals surface area (Å²) in [6, 6.07) is 7.20. The minimum atomic E-state index is -0.884. The summed E-state index contributed by atoms with van der Waals surface area (Å²) in [5.74, 6) is -1.02. The smallest absolute Gasteiger partial charge is 0.305 e. The number of fused-ring (bicyclic) bond motifs is 1. The van der Waals surface area contributed by atoms with Crippen LogP contribution in [0.2, 0.25) is 0 Å². The molecule has 1 aliphatic rings. The molecule has 0 radical (unpaired) electrons. The number of hydrogen-bond donors (Lipinski definition) is 3. The molecule has 5 nitrogen and oxygen atoms in total. The van der Waals surface area contributed by atoms with Crippen molar-refractivity contribution in [2.45, 2.75) is 44.7 Å². The monoisotopic (exact) mass is 290 g/mol. The Morgan fingerprint density at radius 2 is 2.19 bits per heavy atom. The van der Waals surface area contributed by atoms with Gasteiger partial charge in [-0.2, -0.15) is 0 Å². The summed E-state index contributed by atoms with van der Waals surface area (Å²) >= 11 is 0. The summed E-state index contributed by atoms with van der Waals surface area (Å²) < 4.78 is 0. The molecule has 1 heterocycles. The maximum absolute atomic E-state index is 12.5. The first-order valence-electron chi connectivity index (χ1n) is 7.45. The number of nitrogens with one attached hydrogen (secondary N) is 2. The number of carbonyl (C=O) groups excluding carboxylic acids is 1. The van der Waals surface area contributed by atoms with E-state index in [1.54, 1.807) is 0 Å². The molecule has 114 valence electrons. The van der Waals surface area contributed by atoms with Gasteiger partial charge in [-0.1, -0.05) is 37.6 Å². The van der Waals surface area contributed by atoms with Crippen LogP contribution in [-0.2, 0) is 16.0 Å². The molecule has 3 N–H and O–H groups in total. The summed E-state index contributed by atoms with van der Waals surface area (Å²) in [6.07, 6.45) is 2.39. The molecule has 5 heteroatoms. The minimum absolute atomic E-state index is 0.0338. The van der Waals surface area contributed by atoms with Crippen molar-refractivity contribution in [3.8, 4) is 0 Å². The van der Waals surface area contributed by atoms with E-state index in [4.69, 9.17) is 5.11 Å².